The molecule has 3 aromatic carbocycles. The molecule has 5 heteroatoms. The molecule has 4 aromatic rings. The number of carbonyl (C=O) groups is 1. The summed E-state index contributed by atoms with van der Waals surface area (Å²) in [7, 11) is 0. The van der Waals surface area contributed by atoms with Gasteiger partial charge in [-0.2, -0.15) is 0 Å². The van der Waals surface area contributed by atoms with Gasteiger partial charge in [-0.1, -0.05) is 35.0 Å². The molecule has 0 saturated heterocycles. The van der Waals surface area contributed by atoms with E-state index >= 15 is 0 Å². The number of nitrogens with zero attached hydrogens (tertiary/aromatic N) is 1. The fraction of sp³-hybridized carbons (Fsp3) is 0.0909. The predicted octanol–water partition coefficient (Wildman–Crippen LogP) is 6.07. The quantitative estimate of drug-likeness (QED) is 0.435. The summed E-state index contributed by atoms with van der Waals surface area (Å²) in [5, 5.41) is 2.90. The van der Waals surface area contributed by atoms with Gasteiger partial charge in [0.2, 0.25) is 5.89 Å². The molecular formula is C22H17BrN2O2. The Morgan fingerprint density at radius 2 is 1.78 bits per heavy atom. The lowest BCUT2D eigenvalue weighted by atomic mass is 10.1. The second-order valence-electron chi connectivity index (χ2n) is 6.21. The molecule has 0 aliphatic rings. The van der Waals surface area contributed by atoms with Gasteiger partial charge in [0.1, 0.15) is 5.52 Å². The molecule has 0 aliphatic carbocycles. The number of carbonyl (C=O) groups excluding carboxylic acids is 1. The number of oxazole rings is 1. The van der Waals surface area contributed by atoms with Gasteiger partial charge in [0.15, 0.2) is 5.58 Å². The van der Waals surface area contributed by atoms with Crippen molar-refractivity contribution in [3.05, 3.63) is 82.3 Å². The van der Waals surface area contributed by atoms with Gasteiger partial charge in [0.25, 0.3) is 5.91 Å². The number of hydrogen-bond acceptors (Lipinski definition) is 3. The van der Waals surface area contributed by atoms with Gasteiger partial charge in [0, 0.05) is 21.3 Å². The highest BCUT2D eigenvalue weighted by atomic mass is 79.9. The van der Waals surface area contributed by atoms with Gasteiger partial charge in [-0.3, -0.25) is 4.79 Å². The molecule has 0 bridgehead atoms. The van der Waals surface area contributed by atoms with E-state index < -0.39 is 0 Å². The number of anilines is 1. The molecule has 134 valence electrons. The van der Waals surface area contributed by atoms with Crippen LogP contribution in [0, 0.1) is 0 Å². The van der Waals surface area contributed by atoms with Gasteiger partial charge in [-0.25, -0.2) is 4.98 Å². The fourth-order valence-electron chi connectivity index (χ4n) is 2.82. The minimum absolute atomic E-state index is 0.166. The third kappa shape index (κ3) is 3.78. The molecular weight excluding hydrogens is 404 g/mol. The maximum absolute atomic E-state index is 12.4. The molecule has 0 atom stereocenters. The molecule has 0 unspecified atom stereocenters. The summed E-state index contributed by atoms with van der Waals surface area (Å²) in [5.41, 5.74) is 4.87. The average molecular weight is 421 g/mol. The number of rotatable bonds is 4. The van der Waals surface area contributed by atoms with Crippen molar-refractivity contribution in [1.82, 2.24) is 4.98 Å². The maximum Gasteiger partial charge on any atom is 0.255 e. The van der Waals surface area contributed by atoms with Crippen LogP contribution in [0.1, 0.15) is 22.8 Å². The van der Waals surface area contributed by atoms with E-state index in [4.69, 9.17) is 4.42 Å². The van der Waals surface area contributed by atoms with Gasteiger partial charge in [-0.05, 0) is 66.6 Å². The number of halogens is 1. The van der Waals surface area contributed by atoms with Crippen LogP contribution in [0.4, 0.5) is 5.69 Å². The largest absolute Gasteiger partial charge is 0.436 e. The molecule has 4 rings (SSSR count). The Balaban J connectivity index is 1.58. The van der Waals surface area contributed by atoms with E-state index in [9.17, 15) is 4.79 Å². The van der Waals surface area contributed by atoms with Crippen molar-refractivity contribution in [1.29, 1.82) is 0 Å². The predicted molar refractivity (Wildman–Crippen MR) is 111 cm³/mol. The van der Waals surface area contributed by atoms with Crippen LogP contribution < -0.4 is 5.32 Å². The molecule has 27 heavy (non-hydrogen) atoms. The highest BCUT2D eigenvalue weighted by Gasteiger charge is 2.11. The Kier molecular flexibility index (Phi) is 4.77. The molecule has 1 amide bonds. The molecule has 0 spiro atoms. The minimum atomic E-state index is -0.166. The second-order valence-corrected chi connectivity index (χ2v) is 7.13. The summed E-state index contributed by atoms with van der Waals surface area (Å²) in [6, 6.07) is 20.9. The molecule has 0 aliphatic heterocycles. The zero-order valence-electron chi connectivity index (χ0n) is 14.7. The third-order valence-corrected chi connectivity index (χ3v) is 4.89. The first-order chi connectivity index (χ1) is 13.1. The van der Waals surface area contributed by atoms with Crippen molar-refractivity contribution >= 4 is 38.6 Å². The Labute approximate surface area is 165 Å². The summed E-state index contributed by atoms with van der Waals surface area (Å²) in [6.45, 7) is 2.12. The van der Waals surface area contributed by atoms with E-state index in [-0.39, 0.29) is 5.91 Å². The van der Waals surface area contributed by atoms with E-state index in [1.54, 1.807) is 12.1 Å². The standard InChI is InChI=1S/C22H17BrN2O2/c1-2-14-3-5-16(6-4-14)22-25-19-13-18(11-12-20(19)27-22)24-21(26)15-7-9-17(23)10-8-15/h3-13H,2H2,1H3,(H,24,26). The van der Waals surface area contributed by atoms with Crippen LogP contribution >= 0.6 is 15.9 Å². The SMILES string of the molecule is CCc1ccc(-c2nc3cc(NC(=O)c4ccc(Br)cc4)ccc3o2)cc1. The van der Waals surface area contributed by atoms with Crippen LogP contribution in [-0.2, 0) is 6.42 Å². The molecule has 0 fully saturated rings. The van der Waals surface area contributed by atoms with Gasteiger partial charge >= 0.3 is 0 Å². The summed E-state index contributed by atoms with van der Waals surface area (Å²) in [4.78, 5) is 16.9. The average Bonchev–Trinajstić information content (AvgIpc) is 3.12. The number of fused-ring (bicyclic) bond motifs is 1. The van der Waals surface area contributed by atoms with Crippen molar-refractivity contribution < 1.29 is 9.21 Å². The highest BCUT2D eigenvalue weighted by molar-refractivity contribution is 9.10. The van der Waals surface area contributed by atoms with Crippen LogP contribution in [0.2, 0.25) is 0 Å². The van der Waals surface area contributed by atoms with E-state index in [1.807, 2.05) is 42.5 Å². The smallest absolute Gasteiger partial charge is 0.255 e. The summed E-state index contributed by atoms with van der Waals surface area (Å²) in [6.07, 6.45) is 0.995. The Hall–Kier alpha value is -2.92. The van der Waals surface area contributed by atoms with Crippen molar-refractivity contribution in [3.63, 3.8) is 0 Å². The summed E-state index contributed by atoms with van der Waals surface area (Å²) < 4.78 is 6.79. The van der Waals surface area contributed by atoms with Crippen molar-refractivity contribution in [2.75, 3.05) is 5.32 Å². The molecule has 1 aromatic heterocycles. The number of hydrogen-bond donors (Lipinski definition) is 1. The zero-order chi connectivity index (χ0) is 18.8. The lowest BCUT2D eigenvalue weighted by molar-refractivity contribution is 0.102. The first-order valence-corrected chi connectivity index (χ1v) is 9.48. The Morgan fingerprint density at radius 1 is 1.04 bits per heavy atom. The minimum Gasteiger partial charge on any atom is -0.436 e. The number of benzene rings is 3. The third-order valence-electron chi connectivity index (χ3n) is 4.36. The second kappa shape index (κ2) is 7.37. The van der Waals surface area contributed by atoms with E-state index in [0.717, 1.165) is 16.5 Å². The van der Waals surface area contributed by atoms with Crippen LogP contribution in [0.3, 0.4) is 0 Å². The highest BCUT2D eigenvalue weighted by Crippen LogP contribution is 2.27. The topological polar surface area (TPSA) is 55.1 Å². The van der Waals surface area contributed by atoms with E-state index in [1.165, 1.54) is 5.56 Å². The maximum atomic E-state index is 12.4. The first-order valence-electron chi connectivity index (χ1n) is 8.69. The fourth-order valence-corrected chi connectivity index (χ4v) is 3.08. The van der Waals surface area contributed by atoms with Gasteiger partial charge in [-0.15, -0.1) is 0 Å². The molecule has 1 N–H and O–H groups in total. The first kappa shape index (κ1) is 17.5. The lowest BCUT2D eigenvalue weighted by Gasteiger charge is -2.05. The number of aryl methyl sites for hydroxylation is 1. The van der Waals surface area contributed by atoms with Crippen molar-refractivity contribution in [2.45, 2.75) is 13.3 Å². The molecule has 0 saturated carbocycles. The van der Waals surface area contributed by atoms with Crippen molar-refractivity contribution in [2.24, 2.45) is 0 Å². The van der Waals surface area contributed by atoms with Crippen LogP contribution in [0.15, 0.2) is 75.6 Å². The van der Waals surface area contributed by atoms with Gasteiger partial charge in [0.05, 0.1) is 0 Å². The number of amides is 1. The molecule has 4 nitrogen and oxygen atoms in total. The Bertz CT molecular complexity index is 1100. The summed E-state index contributed by atoms with van der Waals surface area (Å²) in [5.74, 6) is 0.407. The zero-order valence-corrected chi connectivity index (χ0v) is 16.3. The number of aromatic nitrogens is 1. The normalized spacial score (nSPS) is 10.9. The lowest BCUT2D eigenvalue weighted by Crippen LogP contribution is -2.11. The van der Waals surface area contributed by atoms with Crippen LogP contribution in [0.25, 0.3) is 22.6 Å². The van der Waals surface area contributed by atoms with Crippen molar-refractivity contribution in [3.8, 4) is 11.5 Å². The van der Waals surface area contributed by atoms with E-state index in [0.29, 0.717) is 28.2 Å². The van der Waals surface area contributed by atoms with Crippen LogP contribution in [0.5, 0.6) is 0 Å². The summed E-state index contributed by atoms with van der Waals surface area (Å²) >= 11 is 3.37. The molecule has 1 heterocycles. The van der Waals surface area contributed by atoms with Crippen LogP contribution in [-0.4, -0.2) is 10.9 Å². The molecule has 0 radical (unpaired) electrons. The Morgan fingerprint density at radius 3 is 2.48 bits per heavy atom. The van der Waals surface area contributed by atoms with Gasteiger partial charge < -0.3 is 9.73 Å². The monoisotopic (exact) mass is 420 g/mol. The number of nitrogens with one attached hydrogen (secondary N) is 1. The van der Waals surface area contributed by atoms with E-state index in [2.05, 4.69) is 45.3 Å².